The maximum absolute atomic E-state index is 12.4. The van der Waals surface area contributed by atoms with Gasteiger partial charge in [-0.15, -0.1) is 28.2 Å². The summed E-state index contributed by atoms with van der Waals surface area (Å²) in [6.45, 7) is 0.703. The number of carbonyl (C=O) groups is 2. The highest BCUT2D eigenvalue weighted by Crippen LogP contribution is 2.23. The van der Waals surface area contributed by atoms with Crippen molar-refractivity contribution in [3.63, 3.8) is 0 Å². The Morgan fingerprint density at radius 1 is 1.15 bits per heavy atom. The molecule has 0 bridgehead atoms. The number of nitrogens with zero attached hydrogens (tertiary/aromatic N) is 5. The van der Waals surface area contributed by atoms with Gasteiger partial charge < -0.3 is 15.4 Å². The number of ether oxygens (including phenoxy) is 1. The smallest absolute Gasteiger partial charge is 0.406 e. The zero-order chi connectivity index (χ0) is 19.6. The van der Waals surface area contributed by atoms with E-state index in [0.29, 0.717) is 31.6 Å². The predicted octanol–water partition coefficient (Wildman–Crippen LogP) is 0.898. The molecule has 9 nitrogen and oxygen atoms in total. The molecule has 12 heteroatoms. The Bertz CT molecular complexity index is 828. The molecule has 3 rings (SSSR count). The van der Waals surface area contributed by atoms with E-state index in [4.69, 9.17) is 5.73 Å². The molecule has 1 saturated heterocycles. The van der Waals surface area contributed by atoms with Crippen molar-refractivity contribution in [3.8, 4) is 11.4 Å². The van der Waals surface area contributed by atoms with Crippen LogP contribution < -0.4 is 10.5 Å². The third-order valence-corrected chi connectivity index (χ3v) is 4.09. The maximum atomic E-state index is 12.4. The molecule has 144 valence electrons. The van der Waals surface area contributed by atoms with Gasteiger partial charge in [0.25, 0.3) is 11.7 Å². The summed E-state index contributed by atoms with van der Waals surface area (Å²) < 4.78 is 40.3. The fraction of sp³-hybridized carbons (Fsp3) is 0.400. The maximum Gasteiger partial charge on any atom is 0.573 e. The van der Waals surface area contributed by atoms with Gasteiger partial charge in [-0.3, -0.25) is 9.59 Å². The van der Waals surface area contributed by atoms with Crippen molar-refractivity contribution in [1.29, 1.82) is 0 Å². The van der Waals surface area contributed by atoms with Crippen molar-refractivity contribution in [2.75, 3.05) is 13.1 Å². The van der Waals surface area contributed by atoms with Crippen LogP contribution in [0.1, 0.15) is 23.5 Å². The van der Waals surface area contributed by atoms with E-state index >= 15 is 0 Å². The summed E-state index contributed by atoms with van der Waals surface area (Å²) in [5.74, 6) is -1.62. The molecular formula is C15H15F3N6O3. The molecule has 0 saturated carbocycles. The Kier molecular flexibility index (Phi) is 4.97. The van der Waals surface area contributed by atoms with Gasteiger partial charge in [-0.1, -0.05) is 0 Å². The Labute approximate surface area is 150 Å². The van der Waals surface area contributed by atoms with Gasteiger partial charge in [0, 0.05) is 19.0 Å². The zero-order valence-corrected chi connectivity index (χ0v) is 13.9. The fourth-order valence-corrected chi connectivity index (χ4v) is 2.70. The van der Waals surface area contributed by atoms with Gasteiger partial charge in [0.2, 0.25) is 5.91 Å². The molecule has 2 heterocycles. The lowest BCUT2D eigenvalue weighted by molar-refractivity contribution is -0.274. The van der Waals surface area contributed by atoms with Gasteiger partial charge in [0.1, 0.15) is 5.75 Å². The van der Waals surface area contributed by atoms with Crippen LogP contribution in [0.3, 0.4) is 0 Å². The van der Waals surface area contributed by atoms with Crippen LogP contribution in [0.4, 0.5) is 13.2 Å². The van der Waals surface area contributed by atoms with Crippen LogP contribution in [0.5, 0.6) is 5.75 Å². The lowest BCUT2D eigenvalue weighted by Crippen LogP contribution is -2.42. The average molecular weight is 384 g/mol. The standard InChI is InChI=1S/C15H15F3N6O3/c16-15(17,18)27-11-3-1-10(2-4-11)24-21-13(20-22-24)14(26)23-7-5-9(6-8-23)12(19)25/h1-4,9H,5-8H2,(H2,19,25). The molecule has 1 aliphatic heterocycles. The van der Waals surface area contributed by atoms with E-state index in [-0.39, 0.29) is 23.4 Å². The molecule has 0 atom stereocenters. The number of rotatable bonds is 4. The first-order chi connectivity index (χ1) is 12.7. The van der Waals surface area contributed by atoms with Gasteiger partial charge >= 0.3 is 6.36 Å². The number of likely N-dealkylation sites (tertiary alicyclic amines) is 1. The molecule has 1 aromatic heterocycles. The lowest BCUT2D eigenvalue weighted by atomic mass is 9.96. The Hall–Kier alpha value is -3.18. The number of nitrogens with two attached hydrogens (primary N) is 1. The van der Waals surface area contributed by atoms with E-state index in [1.807, 2.05) is 0 Å². The van der Waals surface area contributed by atoms with Crippen LogP contribution in [0.15, 0.2) is 24.3 Å². The number of tetrazole rings is 1. The zero-order valence-electron chi connectivity index (χ0n) is 13.9. The number of amides is 2. The number of piperidine rings is 1. The quantitative estimate of drug-likeness (QED) is 0.837. The van der Waals surface area contributed by atoms with E-state index in [2.05, 4.69) is 20.1 Å². The van der Waals surface area contributed by atoms with E-state index in [1.54, 1.807) is 0 Å². The number of benzene rings is 1. The third kappa shape index (κ3) is 4.51. The second-order valence-corrected chi connectivity index (χ2v) is 5.91. The fourth-order valence-electron chi connectivity index (χ4n) is 2.70. The van der Waals surface area contributed by atoms with Crippen molar-refractivity contribution < 1.29 is 27.5 Å². The lowest BCUT2D eigenvalue weighted by Gasteiger charge is -2.29. The van der Waals surface area contributed by atoms with Crippen molar-refractivity contribution >= 4 is 11.8 Å². The van der Waals surface area contributed by atoms with Gasteiger partial charge in [-0.2, -0.15) is 0 Å². The average Bonchev–Trinajstić information content (AvgIpc) is 3.10. The monoisotopic (exact) mass is 384 g/mol. The topological polar surface area (TPSA) is 116 Å². The molecule has 1 aliphatic rings. The second-order valence-electron chi connectivity index (χ2n) is 5.91. The van der Waals surface area contributed by atoms with Gasteiger partial charge in [-0.25, -0.2) is 0 Å². The van der Waals surface area contributed by atoms with E-state index in [9.17, 15) is 22.8 Å². The van der Waals surface area contributed by atoms with Crippen LogP contribution >= 0.6 is 0 Å². The van der Waals surface area contributed by atoms with Crippen LogP contribution in [-0.2, 0) is 4.79 Å². The van der Waals surface area contributed by atoms with Crippen molar-refractivity contribution in [2.24, 2.45) is 11.7 Å². The molecule has 0 aliphatic carbocycles. The highest BCUT2D eigenvalue weighted by atomic mass is 19.4. The van der Waals surface area contributed by atoms with Crippen LogP contribution in [0.25, 0.3) is 5.69 Å². The van der Waals surface area contributed by atoms with Gasteiger partial charge in [0.05, 0.1) is 5.69 Å². The minimum Gasteiger partial charge on any atom is -0.406 e. The first kappa shape index (κ1) is 18.6. The molecule has 0 radical (unpaired) electrons. The van der Waals surface area contributed by atoms with Crippen molar-refractivity contribution in [2.45, 2.75) is 19.2 Å². The summed E-state index contributed by atoms with van der Waals surface area (Å²) >= 11 is 0. The molecular weight excluding hydrogens is 369 g/mol. The highest BCUT2D eigenvalue weighted by Gasteiger charge is 2.31. The number of aromatic nitrogens is 4. The summed E-state index contributed by atoms with van der Waals surface area (Å²) in [4.78, 5) is 26.1. The Morgan fingerprint density at radius 3 is 2.33 bits per heavy atom. The van der Waals surface area contributed by atoms with Crippen LogP contribution in [-0.4, -0.2) is 56.4 Å². The van der Waals surface area contributed by atoms with E-state index < -0.39 is 12.3 Å². The second kappa shape index (κ2) is 7.21. The van der Waals surface area contributed by atoms with Gasteiger partial charge in [0.15, 0.2) is 0 Å². The Morgan fingerprint density at radius 2 is 1.78 bits per heavy atom. The molecule has 1 aromatic carbocycles. The summed E-state index contributed by atoms with van der Waals surface area (Å²) in [5, 5.41) is 11.4. The van der Waals surface area contributed by atoms with Gasteiger partial charge in [-0.05, 0) is 42.3 Å². The van der Waals surface area contributed by atoms with E-state index in [0.717, 1.165) is 16.9 Å². The SMILES string of the molecule is NC(=O)C1CCN(C(=O)c2nnn(-c3ccc(OC(F)(F)F)cc3)n2)CC1. The van der Waals surface area contributed by atoms with Crippen molar-refractivity contribution in [1.82, 2.24) is 25.1 Å². The van der Waals surface area contributed by atoms with Crippen molar-refractivity contribution in [3.05, 3.63) is 30.1 Å². The minimum atomic E-state index is -4.78. The predicted molar refractivity (Wildman–Crippen MR) is 83.7 cm³/mol. The normalized spacial score (nSPS) is 15.6. The number of carbonyl (C=O) groups excluding carboxylic acids is 2. The largest absolute Gasteiger partial charge is 0.573 e. The summed E-state index contributed by atoms with van der Waals surface area (Å²) in [6.07, 6.45) is -3.85. The summed E-state index contributed by atoms with van der Waals surface area (Å²) in [5.41, 5.74) is 5.57. The number of hydrogen-bond donors (Lipinski definition) is 1. The summed E-state index contributed by atoms with van der Waals surface area (Å²) in [6, 6.07) is 4.80. The molecule has 0 unspecified atom stereocenters. The molecule has 27 heavy (non-hydrogen) atoms. The van der Waals surface area contributed by atoms with E-state index in [1.165, 1.54) is 17.0 Å². The minimum absolute atomic E-state index is 0.150. The molecule has 0 spiro atoms. The van der Waals surface area contributed by atoms with Crippen LogP contribution in [0, 0.1) is 5.92 Å². The highest BCUT2D eigenvalue weighted by molar-refractivity contribution is 5.90. The number of alkyl halides is 3. The summed E-state index contributed by atoms with van der Waals surface area (Å²) in [7, 11) is 0. The molecule has 1 fully saturated rings. The number of primary amides is 1. The first-order valence-electron chi connectivity index (χ1n) is 7.98. The molecule has 2 N–H and O–H groups in total. The van der Waals surface area contributed by atoms with Crippen LogP contribution in [0.2, 0.25) is 0 Å². The molecule has 2 amide bonds. The molecule has 2 aromatic rings. The number of hydrogen-bond acceptors (Lipinski definition) is 6. The third-order valence-electron chi connectivity index (χ3n) is 4.09. The first-order valence-corrected chi connectivity index (χ1v) is 7.98. The number of halogens is 3. The Balaban J connectivity index is 1.66.